The molecule has 0 fully saturated rings. The molecule has 0 unspecified atom stereocenters. The minimum Gasteiger partial charge on any atom is -0.488 e. The third kappa shape index (κ3) is 6.94. The van der Waals surface area contributed by atoms with E-state index in [0.29, 0.717) is 25.7 Å². The standard InChI is InChI=1S/C21H34N4O3/c1-7-22-19(24-14-17(26)25-20(2,3)4)23-11-12-27-16-10-8-9-15-13-21(5,6)28-18(15)16/h8-10H,7,11-14H2,1-6H3,(H,25,26)(H2,22,23,24). The van der Waals surface area contributed by atoms with E-state index in [2.05, 4.69) is 40.9 Å². The van der Waals surface area contributed by atoms with Crippen molar-refractivity contribution >= 4 is 11.9 Å². The fourth-order valence-electron chi connectivity index (χ4n) is 2.98. The Labute approximate surface area is 168 Å². The molecule has 3 N–H and O–H groups in total. The summed E-state index contributed by atoms with van der Waals surface area (Å²) in [5.74, 6) is 2.08. The summed E-state index contributed by atoms with van der Waals surface area (Å²) in [5, 5.41) is 9.21. The molecule has 1 amide bonds. The van der Waals surface area contributed by atoms with Crippen LogP contribution in [0.25, 0.3) is 0 Å². The predicted octanol–water partition coefficient (Wildman–Crippen LogP) is 2.25. The van der Waals surface area contributed by atoms with Crippen molar-refractivity contribution in [3.05, 3.63) is 23.8 Å². The lowest BCUT2D eigenvalue weighted by Gasteiger charge is -2.20. The van der Waals surface area contributed by atoms with E-state index in [4.69, 9.17) is 9.47 Å². The topological polar surface area (TPSA) is 84.0 Å². The van der Waals surface area contributed by atoms with Gasteiger partial charge in [-0.2, -0.15) is 0 Å². The van der Waals surface area contributed by atoms with E-state index in [0.717, 1.165) is 17.9 Å². The molecule has 1 aliphatic rings. The van der Waals surface area contributed by atoms with Crippen LogP contribution < -0.4 is 25.4 Å². The number of nitrogens with one attached hydrogen (secondary N) is 3. The van der Waals surface area contributed by atoms with Gasteiger partial charge in [-0.25, -0.2) is 4.99 Å². The number of nitrogens with zero attached hydrogens (tertiary/aromatic N) is 1. The fraction of sp³-hybridized carbons (Fsp3) is 0.619. The summed E-state index contributed by atoms with van der Waals surface area (Å²) >= 11 is 0. The molecule has 0 atom stereocenters. The summed E-state index contributed by atoms with van der Waals surface area (Å²) in [6.45, 7) is 13.8. The smallest absolute Gasteiger partial charge is 0.242 e. The van der Waals surface area contributed by atoms with Gasteiger partial charge in [0.25, 0.3) is 0 Å². The van der Waals surface area contributed by atoms with E-state index >= 15 is 0 Å². The maximum Gasteiger partial charge on any atom is 0.242 e. The average Bonchev–Trinajstić information content (AvgIpc) is 2.89. The second kappa shape index (κ2) is 9.17. The van der Waals surface area contributed by atoms with Crippen LogP contribution in [-0.4, -0.2) is 49.2 Å². The third-order valence-electron chi connectivity index (χ3n) is 3.95. The highest BCUT2D eigenvalue weighted by molar-refractivity contribution is 5.85. The highest BCUT2D eigenvalue weighted by atomic mass is 16.5. The molecule has 0 radical (unpaired) electrons. The summed E-state index contributed by atoms with van der Waals surface area (Å²) < 4.78 is 11.9. The molecular weight excluding hydrogens is 356 g/mol. The van der Waals surface area contributed by atoms with Crippen molar-refractivity contribution < 1.29 is 14.3 Å². The first-order valence-corrected chi connectivity index (χ1v) is 9.86. The van der Waals surface area contributed by atoms with E-state index in [1.165, 1.54) is 5.56 Å². The first-order valence-electron chi connectivity index (χ1n) is 9.86. The number of carbonyl (C=O) groups is 1. The molecule has 0 saturated carbocycles. The van der Waals surface area contributed by atoms with Crippen LogP contribution in [0.1, 0.15) is 47.1 Å². The van der Waals surface area contributed by atoms with E-state index in [1.807, 2.05) is 39.8 Å². The molecule has 2 rings (SSSR count). The van der Waals surface area contributed by atoms with Crippen molar-refractivity contribution in [3.8, 4) is 11.5 Å². The normalized spacial score (nSPS) is 15.4. The largest absolute Gasteiger partial charge is 0.488 e. The molecule has 1 aromatic rings. The lowest BCUT2D eigenvalue weighted by molar-refractivity contribution is -0.121. The highest BCUT2D eigenvalue weighted by Crippen LogP contribution is 2.41. The van der Waals surface area contributed by atoms with Gasteiger partial charge < -0.3 is 25.4 Å². The molecule has 7 heteroatoms. The quantitative estimate of drug-likeness (QED) is 0.378. The van der Waals surface area contributed by atoms with Crippen molar-refractivity contribution in [3.63, 3.8) is 0 Å². The number of para-hydroxylation sites is 1. The molecule has 0 bridgehead atoms. The van der Waals surface area contributed by atoms with Crippen LogP contribution in [0.2, 0.25) is 0 Å². The number of amides is 1. The monoisotopic (exact) mass is 390 g/mol. The molecule has 0 aromatic heterocycles. The molecule has 0 saturated heterocycles. The van der Waals surface area contributed by atoms with Crippen molar-refractivity contribution in [2.45, 2.75) is 59.1 Å². The summed E-state index contributed by atoms with van der Waals surface area (Å²) in [6.07, 6.45) is 0.881. The first-order chi connectivity index (χ1) is 13.1. The zero-order valence-corrected chi connectivity index (χ0v) is 17.9. The SMILES string of the molecule is CCNC(=NCC(=O)NC(C)(C)C)NCCOc1cccc2c1OC(C)(C)C2. The number of carbonyl (C=O) groups excluding carboxylic acids is 1. The zero-order chi connectivity index (χ0) is 20.8. The molecular formula is C21H34N4O3. The van der Waals surface area contributed by atoms with Gasteiger partial charge in [-0.15, -0.1) is 0 Å². The number of hydrogen-bond donors (Lipinski definition) is 3. The second-order valence-electron chi connectivity index (χ2n) is 8.55. The summed E-state index contributed by atoms with van der Waals surface area (Å²) in [4.78, 5) is 16.3. The molecule has 7 nitrogen and oxygen atoms in total. The van der Waals surface area contributed by atoms with Crippen LogP contribution in [0, 0.1) is 0 Å². The zero-order valence-electron chi connectivity index (χ0n) is 17.9. The molecule has 1 aromatic carbocycles. The van der Waals surface area contributed by atoms with Crippen molar-refractivity contribution in [2.24, 2.45) is 4.99 Å². The number of aliphatic imine (C=N–C) groups is 1. The molecule has 156 valence electrons. The van der Waals surface area contributed by atoms with Gasteiger partial charge in [0.05, 0.1) is 6.54 Å². The Balaban J connectivity index is 1.83. The number of rotatable bonds is 7. The van der Waals surface area contributed by atoms with E-state index in [1.54, 1.807) is 0 Å². The van der Waals surface area contributed by atoms with Crippen LogP contribution in [0.5, 0.6) is 11.5 Å². The summed E-state index contributed by atoms with van der Waals surface area (Å²) in [5.41, 5.74) is 0.715. The molecule has 1 aliphatic heterocycles. The van der Waals surface area contributed by atoms with E-state index in [-0.39, 0.29) is 23.6 Å². The maximum absolute atomic E-state index is 11.9. The van der Waals surface area contributed by atoms with Gasteiger partial charge in [0.15, 0.2) is 17.5 Å². The minimum atomic E-state index is -0.265. The Morgan fingerprint density at radius 1 is 1.29 bits per heavy atom. The van der Waals surface area contributed by atoms with Crippen LogP contribution in [0.4, 0.5) is 0 Å². The number of benzene rings is 1. The van der Waals surface area contributed by atoms with Gasteiger partial charge in [-0.3, -0.25) is 4.79 Å². The second-order valence-corrected chi connectivity index (χ2v) is 8.55. The van der Waals surface area contributed by atoms with Gasteiger partial charge in [0, 0.05) is 24.1 Å². The lowest BCUT2D eigenvalue weighted by atomic mass is 10.0. The number of guanidine groups is 1. The van der Waals surface area contributed by atoms with E-state index in [9.17, 15) is 4.79 Å². The van der Waals surface area contributed by atoms with Crippen LogP contribution in [-0.2, 0) is 11.2 Å². The molecule has 0 aliphatic carbocycles. The van der Waals surface area contributed by atoms with Gasteiger partial charge in [0.1, 0.15) is 18.8 Å². The first kappa shape index (κ1) is 21.9. The molecule has 28 heavy (non-hydrogen) atoms. The number of ether oxygens (including phenoxy) is 2. The van der Waals surface area contributed by atoms with Gasteiger partial charge >= 0.3 is 0 Å². The molecule has 0 spiro atoms. The Morgan fingerprint density at radius 3 is 2.71 bits per heavy atom. The van der Waals surface area contributed by atoms with Crippen LogP contribution in [0.15, 0.2) is 23.2 Å². The number of hydrogen-bond acceptors (Lipinski definition) is 4. The summed E-state index contributed by atoms with van der Waals surface area (Å²) in [6, 6.07) is 6.00. The predicted molar refractivity (Wildman–Crippen MR) is 112 cm³/mol. The Kier molecular flexibility index (Phi) is 7.16. The van der Waals surface area contributed by atoms with Crippen molar-refractivity contribution in [2.75, 3.05) is 26.2 Å². The Hall–Kier alpha value is -2.44. The van der Waals surface area contributed by atoms with Crippen molar-refractivity contribution in [1.82, 2.24) is 16.0 Å². The summed E-state index contributed by atoms with van der Waals surface area (Å²) in [7, 11) is 0. The highest BCUT2D eigenvalue weighted by Gasteiger charge is 2.32. The van der Waals surface area contributed by atoms with Crippen LogP contribution in [0.3, 0.4) is 0 Å². The molecule has 1 heterocycles. The van der Waals surface area contributed by atoms with Gasteiger partial charge in [0.2, 0.25) is 5.91 Å². The minimum absolute atomic E-state index is 0.0720. The van der Waals surface area contributed by atoms with E-state index < -0.39 is 0 Å². The van der Waals surface area contributed by atoms with Gasteiger partial charge in [-0.05, 0) is 47.6 Å². The Bertz CT molecular complexity index is 708. The van der Waals surface area contributed by atoms with Gasteiger partial charge in [-0.1, -0.05) is 12.1 Å². The number of fused-ring (bicyclic) bond motifs is 1. The Morgan fingerprint density at radius 2 is 2.04 bits per heavy atom. The van der Waals surface area contributed by atoms with Crippen molar-refractivity contribution in [1.29, 1.82) is 0 Å². The average molecular weight is 391 g/mol. The maximum atomic E-state index is 11.9. The lowest BCUT2D eigenvalue weighted by Crippen LogP contribution is -2.43. The fourth-order valence-corrected chi connectivity index (χ4v) is 2.98. The van der Waals surface area contributed by atoms with Crippen LogP contribution >= 0.6 is 0 Å². The third-order valence-corrected chi connectivity index (χ3v) is 3.95.